The number of ether oxygens (including phenoxy) is 2. The Bertz CT molecular complexity index is 1210. The molecule has 2 heterocycles. The van der Waals surface area contributed by atoms with E-state index < -0.39 is 64.8 Å². The minimum absolute atomic E-state index is 0.112. The first-order valence-electron chi connectivity index (χ1n) is 13.6. The van der Waals surface area contributed by atoms with Gasteiger partial charge in [0.25, 0.3) is 17.7 Å². The van der Waals surface area contributed by atoms with E-state index >= 15 is 0 Å². The van der Waals surface area contributed by atoms with Gasteiger partial charge in [0.1, 0.15) is 22.4 Å². The molecule has 0 aliphatic carbocycles. The van der Waals surface area contributed by atoms with E-state index in [1.165, 1.54) is 34.3 Å². The molecule has 0 unspecified atom stereocenters. The van der Waals surface area contributed by atoms with E-state index in [1.54, 1.807) is 20.8 Å². The van der Waals surface area contributed by atoms with Crippen LogP contribution in [0.2, 0.25) is 0 Å². The zero-order valence-electron chi connectivity index (χ0n) is 25.3. The average Bonchev–Trinajstić information content (AvgIpc) is 3.51. The van der Waals surface area contributed by atoms with Crippen molar-refractivity contribution in [2.45, 2.75) is 72.0 Å². The predicted molar refractivity (Wildman–Crippen MR) is 151 cm³/mol. The van der Waals surface area contributed by atoms with Gasteiger partial charge in [0.15, 0.2) is 5.78 Å². The summed E-state index contributed by atoms with van der Waals surface area (Å²) in [6.45, 7) is 7.37. The number of hydrogen-bond donors (Lipinski definition) is 3. The molecule has 1 aliphatic heterocycles. The number of carbonyl (C=O) groups is 7. The number of rotatable bonds is 16. The summed E-state index contributed by atoms with van der Waals surface area (Å²) in [6, 6.07) is -3.68. The Hall–Kier alpha value is -3.76. The molecule has 5 amide bonds. The van der Waals surface area contributed by atoms with E-state index in [9.17, 15) is 33.6 Å². The molecule has 1 aromatic rings. The Labute approximate surface area is 253 Å². The van der Waals surface area contributed by atoms with Crippen LogP contribution in [0.4, 0.5) is 0 Å². The zero-order valence-corrected chi connectivity index (χ0v) is 26.1. The maximum atomic E-state index is 13.6. The molecule has 0 saturated carbocycles. The lowest BCUT2D eigenvalue weighted by atomic mass is 9.81. The summed E-state index contributed by atoms with van der Waals surface area (Å²) in [5.74, 6) is -5.47. The number of nitrogens with one attached hydrogen (secondary N) is 3. The summed E-state index contributed by atoms with van der Waals surface area (Å²) in [5, 5.41) is 8.66. The molecule has 3 N–H and O–H groups in total. The Morgan fingerprint density at radius 2 is 1.44 bits per heavy atom. The summed E-state index contributed by atoms with van der Waals surface area (Å²) in [5.41, 5.74) is -1.86. The number of aromatic nitrogens is 1. The highest BCUT2D eigenvalue weighted by Gasteiger charge is 2.45. The molecule has 1 fully saturated rings. The lowest BCUT2D eigenvalue weighted by Gasteiger charge is -2.30. The molecular formula is C27H39N5O10S. The van der Waals surface area contributed by atoms with E-state index in [4.69, 9.17) is 14.3 Å². The van der Waals surface area contributed by atoms with E-state index in [0.29, 0.717) is 10.1 Å². The van der Waals surface area contributed by atoms with E-state index in [2.05, 4.69) is 20.9 Å². The number of nitrogens with zero attached hydrogens (tertiary/aromatic N) is 2. The maximum absolute atomic E-state index is 13.6. The summed E-state index contributed by atoms with van der Waals surface area (Å²) in [4.78, 5) is 98.6. The second kappa shape index (κ2) is 15.6. The fourth-order valence-electron chi connectivity index (χ4n) is 4.03. The van der Waals surface area contributed by atoms with Gasteiger partial charge in [-0.25, -0.2) is 9.78 Å². The highest BCUT2D eigenvalue weighted by molar-refractivity contribution is 7.13. The molecule has 0 spiro atoms. The summed E-state index contributed by atoms with van der Waals surface area (Å²) >= 11 is 1.14. The van der Waals surface area contributed by atoms with Crippen LogP contribution < -0.4 is 16.0 Å². The van der Waals surface area contributed by atoms with Crippen molar-refractivity contribution in [2.75, 3.05) is 27.4 Å². The van der Waals surface area contributed by atoms with Crippen molar-refractivity contribution >= 4 is 52.6 Å². The van der Waals surface area contributed by atoms with Gasteiger partial charge in [0, 0.05) is 27.1 Å². The summed E-state index contributed by atoms with van der Waals surface area (Å²) < 4.78 is 10.2. The zero-order chi connectivity index (χ0) is 32.5. The van der Waals surface area contributed by atoms with Crippen LogP contribution in [0.5, 0.6) is 0 Å². The lowest BCUT2D eigenvalue weighted by molar-refractivity contribution is -0.204. The van der Waals surface area contributed by atoms with Gasteiger partial charge >= 0.3 is 5.97 Å². The van der Waals surface area contributed by atoms with Gasteiger partial charge in [-0.15, -0.1) is 16.4 Å². The van der Waals surface area contributed by atoms with Crippen molar-refractivity contribution in [3.63, 3.8) is 0 Å². The van der Waals surface area contributed by atoms with Gasteiger partial charge in [-0.1, -0.05) is 13.8 Å². The van der Waals surface area contributed by atoms with Crippen LogP contribution in [0.1, 0.15) is 61.6 Å². The predicted octanol–water partition coefficient (Wildman–Crippen LogP) is 0.0609. The average molecular weight is 626 g/mol. The molecule has 0 radical (unpaired) electrons. The SMILES string of the molecule is COC[C@H](NC(=O)c1cnc(C)s1)C(=O)N[C@@H](COC)C(=O)N[C@@H](CC(C)C)C(=O)C(C)(C)C(=O)ON1C(=O)CCC1=O. The van der Waals surface area contributed by atoms with Crippen LogP contribution in [0.15, 0.2) is 6.20 Å². The van der Waals surface area contributed by atoms with E-state index in [-0.39, 0.29) is 43.3 Å². The number of carbonyl (C=O) groups excluding carboxylic acids is 7. The Balaban J connectivity index is 2.18. The number of aryl methyl sites for hydroxylation is 1. The smallest absolute Gasteiger partial charge is 0.346 e. The minimum atomic E-state index is -1.86. The van der Waals surface area contributed by atoms with Crippen LogP contribution in [-0.4, -0.2) is 96.9 Å². The fraction of sp³-hybridized carbons (Fsp3) is 0.630. The van der Waals surface area contributed by atoms with Crippen molar-refractivity contribution in [1.82, 2.24) is 26.0 Å². The third-order valence-corrected chi connectivity index (χ3v) is 7.32. The number of hydroxylamine groups is 2. The van der Waals surface area contributed by atoms with Gasteiger partial charge in [-0.05, 0) is 33.1 Å². The van der Waals surface area contributed by atoms with Crippen molar-refractivity contribution in [3.05, 3.63) is 16.1 Å². The van der Waals surface area contributed by atoms with Crippen LogP contribution >= 0.6 is 11.3 Å². The molecule has 1 aromatic heterocycles. The Morgan fingerprint density at radius 1 is 0.930 bits per heavy atom. The quantitative estimate of drug-likeness (QED) is 0.166. The number of Topliss-reactive ketones (excluding diaryl/α,β-unsaturated/α-hetero) is 1. The third-order valence-electron chi connectivity index (χ3n) is 6.41. The molecule has 15 nitrogen and oxygen atoms in total. The molecular weight excluding hydrogens is 586 g/mol. The standard InChI is InChI=1S/C27H39N5O10S/c1-14(2)10-16(22(35)27(4,5)26(39)42-32-20(33)8-9-21(32)34)29-23(36)17(12-40-6)30-24(37)18(13-41-7)31-25(38)19-11-28-15(3)43-19/h11,14,16-18H,8-10,12-13H2,1-7H3,(H,29,36)(H,30,37)(H,31,38)/t16-,17-,18-/m0/s1. The fourth-order valence-corrected chi connectivity index (χ4v) is 4.71. The summed E-state index contributed by atoms with van der Waals surface area (Å²) in [6.07, 6.45) is 1.27. The van der Waals surface area contributed by atoms with Crippen molar-refractivity contribution < 1.29 is 47.9 Å². The molecule has 1 aliphatic rings. The molecule has 1 saturated heterocycles. The molecule has 0 aromatic carbocycles. The number of thiazole rings is 1. The van der Waals surface area contributed by atoms with Crippen LogP contribution in [0.25, 0.3) is 0 Å². The van der Waals surface area contributed by atoms with Gasteiger partial charge in [0.2, 0.25) is 11.8 Å². The van der Waals surface area contributed by atoms with E-state index in [1.807, 2.05) is 0 Å². The van der Waals surface area contributed by atoms with Crippen LogP contribution in [-0.2, 0) is 43.1 Å². The number of hydrogen-bond acceptors (Lipinski definition) is 12. The molecule has 0 bridgehead atoms. The van der Waals surface area contributed by atoms with Crippen molar-refractivity contribution in [3.8, 4) is 0 Å². The molecule has 3 atom stereocenters. The topological polar surface area (TPSA) is 199 Å². The first-order chi connectivity index (χ1) is 20.1. The van der Waals surface area contributed by atoms with Gasteiger partial charge in [-0.2, -0.15) is 0 Å². The highest BCUT2D eigenvalue weighted by Crippen LogP contribution is 2.25. The van der Waals surface area contributed by atoms with Crippen molar-refractivity contribution in [1.29, 1.82) is 0 Å². The molecule has 2 rings (SSSR count). The normalized spacial score (nSPS) is 15.6. The Morgan fingerprint density at radius 3 is 1.91 bits per heavy atom. The number of methoxy groups -OCH3 is 2. The highest BCUT2D eigenvalue weighted by atomic mass is 32.1. The van der Waals surface area contributed by atoms with Gasteiger partial charge in [0.05, 0.1) is 30.5 Å². The van der Waals surface area contributed by atoms with Crippen LogP contribution in [0, 0.1) is 18.3 Å². The summed E-state index contributed by atoms with van der Waals surface area (Å²) in [7, 11) is 2.65. The minimum Gasteiger partial charge on any atom is -0.382 e. The first kappa shape index (κ1) is 35.4. The number of amides is 5. The van der Waals surface area contributed by atoms with E-state index in [0.717, 1.165) is 11.3 Å². The number of imide groups is 1. The van der Waals surface area contributed by atoms with Crippen LogP contribution in [0.3, 0.4) is 0 Å². The van der Waals surface area contributed by atoms with Gasteiger partial charge < -0.3 is 30.3 Å². The largest absolute Gasteiger partial charge is 0.382 e. The maximum Gasteiger partial charge on any atom is 0.346 e. The molecule has 43 heavy (non-hydrogen) atoms. The number of ketones is 1. The third kappa shape index (κ3) is 9.62. The molecule has 238 valence electrons. The second-order valence-electron chi connectivity index (χ2n) is 10.9. The van der Waals surface area contributed by atoms with Crippen molar-refractivity contribution in [2.24, 2.45) is 11.3 Å². The second-order valence-corrected chi connectivity index (χ2v) is 12.1. The first-order valence-corrected chi connectivity index (χ1v) is 14.4. The Kier molecular flexibility index (Phi) is 12.9. The molecule has 16 heteroatoms. The van der Waals surface area contributed by atoms with Gasteiger partial charge in [-0.3, -0.25) is 28.8 Å². The monoisotopic (exact) mass is 625 g/mol. The lowest BCUT2D eigenvalue weighted by Crippen LogP contribution is -2.59.